The van der Waals surface area contributed by atoms with Gasteiger partial charge in [-0.25, -0.2) is 4.36 Å². The summed E-state index contributed by atoms with van der Waals surface area (Å²) in [5, 5.41) is 0. The van der Waals surface area contributed by atoms with Crippen molar-refractivity contribution in [1.29, 1.82) is 0 Å². The Bertz CT molecular complexity index is 282. The van der Waals surface area contributed by atoms with E-state index in [-0.39, 0.29) is 27.1 Å². The van der Waals surface area contributed by atoms with Crippen LogP contribution in [-0.4, -0.2) is 46.3 Å². The van der Waals surface area contributed by atoms with Gasteiger partial charge in [0.25, 0.3) is 0 Å². The third-order valence-corrected chi connectivity index (χ3v) is 4.94. The molecular formula is C11H22N2OSW. The largest absolute Gasteiger partial charge is 2.00 e. The van der Waals surface area contributed by atoms with Crippen molar-refractivity contribution < 1.29 is 25.3 Å². The summed E-state index contributed by atoms with van der Waals surface area (Å²) >= 11 is 0. The van der Waals surface area contributed by atoms with Crippen LogP contribution in [0.2, 0.25) is 0 Å². The molecule has 5 heteroatoms. The molecule has 1 aliphatic rings. The summed E-state index contributed by atoms with van der Waals surface area (Å²) in [6, 6.07) is 0.267. The van der Waals surface area contributed by atoms with Crippen LogP contribution in [0.5, 0.6) is 0 Å². The number of hydrogen-bond donors (Lipinski definition) is 0. The molecule has 1 rings (SSSR count). The number of hydrogen-bond acceptors (Lipinski definition) is 3. The van der Waals surface area contributed by atoms with E-state index in [9.17, 15) is 4.21 Å². The molecule has 1 aliphatic heterocycles. The molecular weight excluding hydrogens is 392 g/mol. The number of rotatable bonds is 4. The van der Waals surface area contributed by atoms with Gasteiger partial charge in [0, 0.05) is 13.1 Å². The van der Waals surface area contributed by atoms with Crippen molar-refractivity contribution >= 4 is 9.73 Å². The Kier molecular flexibility index (Phi) is 8.13. The zero-order valence-electron chi connectivity index (χ0n) is 10.1. The second-order valence-corrected chi connectivity index (χ2v) is 6.52. The molecule has 0 atom stereocenters. The first-order chi connectivity index (χ1) is 7.13. The van der Waals surface area contributed by atoms with Crippen LogP contribution in [0.3, 0.4) is 0 Å². The molecule has 0 aromatic rings. The molecule has 1 saturated heterocycles. The van der Waals surface area contributed by atoms with Gasteiger partial charge < -0.3 is 18.7 Å². The molecule has 0 aromatic heterocycles. The van der Waals surface area contributed by atoms with Crippen molar-refractivity contribution in [2.75, 3.05) is 31.1 Å². The maximum Gasteiger partial charge on any atom is 2.00 e. The minimum absolute atomic E-state index is 0. The third kappa shape index (κ3) is 4.85. The van der Waals surface area contributed by atoms with Crippen molar-refractivity contribution in [3.8, 4) is 0 Å². The number of piperidine rings is 1. The van der Waals surface area contributed by atoms with Gasteiger partial charge in [0.15, 0.2) is 0 Å². The molecule has 0 unspecified atom stereocenters. The van der Waals surface area contributed by atoms with Crippen molar-refractivity contribution in [2.24, 2.45) is 4.36 Å². The molecule has 0 aromatic carbocycles. The fraction of sp³-hybridized carbons (Fsp3) is 0.818. The van der Waals surface area contributed by atoms with Gasteiger partial charge in [-0.3, -0.25) is 4.21 Å². The molecule has 0 saturated carbocycles. The Hall–Kier alpha value is 0.598. The smallest absolute Gasteiger partial charge is 0.330 e. The summed E-state index contributed by atoms with van der Waals surface area (Å²) in [5.74, 6) is 0.787. The van der Waals surface area contributed by atoms with E-state index in [1.807, 2.05) is 0 Å². The Labute approximate surface area is 115 Å². The molecule has 0 aliphatic carbocycles. The van der Waals surface area contributed by atoms with Crippen LogP contribution in [-0.2, 0) is 30.8 Å². The minimum Gasteiger partial charge on any atom is -0.330 e. The normalized spacial score (nSPS) is 19.2. The fourth-order valence-electron chi connectivity index (χ4n) is 1.82. The summed E-state index contributed by atoms with van der Waals surface area (Å²) in [6.07, 6.45) is 2.07. The van der Waals surface area contributed by atoms with Gasteiger partial charge in [-0.05, 0) is 29.1 Å². The molecule has 16 heavy (non-hydrogen) atoms. The van der Waals surface area contributed by atoms with Gasteiger partial charge >= 0.3 is 21.1 Å². The van der Waals surface area contributed by atoms with Gasteiger partial charge in [0.05, 0.1) is 6.04 Å². The second-order valence-electron chi connectivity index (χ2n) is 3.95. The summed E-state index contributed by atoms with van der Waals surface area (Å²) in [6.45, 7) is 12.8. The minimum atomic E-state index is -2.10. The molecule has 1 heterocycles. The van der Waals surface area contributed by atoms with Crippen molar-refractivity contribution in [2.45, 2.75) is 25.8 Å². The predicted molar refractivity (Wildman–Crippen MR) is 66.2 cm³/mol. The van der Waals surface area contributed by atoms with E-state index >= 15 is 0 Å². The molecule has 1 fully saturated rings. The van der Waals surface area contributed by atoms with Crippen LogP contribution < -0.4 is 0 Å². The summed E-state index contributed by atoms with van der Waals surface area (Å²) < 4.78 is 16.5. The average molecular weight is 414 g/mol. The third-order valence-electron chi connectivity index (χ3n) is 2.98. The van der Waals surface area contributed by atoms with E-state index in [0.717, 1.165) is 32.5 Å². The number of nitrogens with zero attached hydrogens (tertiary/aromatic N) is 2. The van der Waals surface area contributed by atoms with Crippen LogP contribution >= 0.6 is 0 Å². The summed E-state index contributed by atoms with van der Waals surface area (Å²) in [5.41, 5.74) is 0. The Morgan fingerprint density at radius 3 is 2.19 bits per heavy atom. The van der Waals surface area contributed by atoms with Gasteiger partial charge in [-0.2, -0.15) is 0 Å². The quantitative estimate of drug-likeness (QED) is 0.655. The van der Waals surface area contributed by atoms with Crippen molar-refractivity contribution in [3.63, 3.8) is 0 Å². The maximum atomic E-state index is 12.0. The first-order valence-corrected chi connectivity index (χ1v) is 7.51. The second kappa shape index (κ2) is 7.83. The van der Waals surface area contributed by atoms with Crippen LogP contribution in [0.1, 0.15) is 19.8 Å². The Balaban J connectivity index is 0.00000225. The van der Waals surface area contributed by atoms with Gasteiger partial charge in [0.2, 0.25) is 0 Å². The molecule has 0 bridgehead atoms. The van der Waals surface area contributed by atoms with Crippen molar-refractivity contribution in [3.05, 3.63) is 13.8 Å². The fourth-order valence-corrected chi connectivity index (χ4v) is 2.99. The van der Waals surface area contributed by atoms with E-state index in [1.165, 1.54) is 0 Å². The average Bonchev–Trinajstić information content (AvgIpc) is 2.30. The van der Waals surface area contributed by atoms with E-state index in [0.29, 0.717) is 11.5 Å². The van der Waals surface area contributed by atoms with Gasteiger partial charge in [-0.1, -0.05) is 18.4 Å². The molecule has 0 radical (unpaired) electrons. The maximum absolute atomic E-state index is 12.0. The first kappa shape index (κ1) is 16.6. The van der Waals surface area contributed by atoms with E-state index < -0.39 is 9.73 Å². The van der Waals surface area contributed by atoms with E-state index in [4.69, 9.17) is 0 Å². The molecule has 0 amide bonds. The Morgan fingerprint density at radius 1 is 1.31 bits per heavy atom. The molecule has 3 nitrogen and oxygen atoms in total. The SMILES string of the molecule is [CH2-]CS(=O)(C[CH2-])=NC1CCN(CC)CC1.[W+2]. The van der Waals surface area contributed by atoms with E-state index in [1.54, 1.807) is 0 Å². The van der Waals surface area contributed by atoms with Crippen molar-refractivity contribution in [1.82, 2.24) is 4.90 Å². The standard InChI is InChI=1S/C11H22N2OS.W/c1-4-13-9-7-11(8-10-13)12-15(14,5-2)6-3;/h11H,2-10H2,1H3;/q-2;+2. The topological polar surface area (TPSA) is 32.7 Å². The van der Waals surface area contributed by atoms with Gasteiger partial charge in [0.1, 0.15) is 0 Å². The predicted octanol–water partition coefficient (Wildman–Crippen LogP) is 1.60. The molecule has 94 valence electrons. The van der Waals surface area contributed by atoms with Crippen LogP contribution in [0.25, 0.3) is 0 Å². The Morgan fingerprint density at radius 2 is 1.81 bits per heavy atom. The number of likely N-dealkylation sites (tertiary alicyclic amines) is 1. The monoisotopic (exact) mass is 414 g/mol. The van der Waals surface area contributed by atoms with Gasteiger partial charge in [-0.15, -0.1) is 0 Å². The summed E-state index contributed by atoms with van der Waals surface area (Å²) in [7, 11) is -2.10. The molecule has 0 N–H and O–H groups in total. The van der Waals surface area contributed by atoms with Crippen LogP contribution in [0, 0.1) is 13.8 Å². The first-order valence-electron chi connectivity index (χ1n) is 5.66. The zero-order valence-corrected chi connectivity index (χ0v) is 13.8. The van der Waals surface area contributed by atoms with Crippen LogP contribution in [0.15, 0.2) is 4.36 Å². The summed E-state index contributed by atoms with van der Waals surface area (Å²) in [4.78, 5) is 2.40. The zero-order chi connectivity index (χ0) is 11.3. The molecule has 0 spiro atoms. The van der Waals surface area contributed by atoms with Crippen LogP contribution in [0.4, 0.5) is 0 Å². The van der Waals surface area contributed by atoms with E-state index in [2.05, 4.69) is 30.0 Å².